The zero-order valence-corrected chi connectivity index (χ0v) is 11.8. The van der Waals surface area contributed by atoms with Crippen LogP contribution in [0.2, 0.25) is 0 Å². The van der Waals surface area contributed by atoms with Crippen LogP contribution < -0.4 is 27.9 Å². The number of amides is 3. The maximum absolute atomic E-state index is 11.6. The molecule has 0 aromatic heterocycles. The molecule has 0 saturated heterocycles. The average Bonchev–Trinajstić information content (AvgIpc) is 2.44. The summed E-state index contributed by atoms with van der Waals surface area (Å²) in [4.78, 5) is 45.0. The fourth-order valence-electron chi connectivity index (χ4n) is 1.65. The van der Waals surface area contributed by atoms with Gasteiger partial charge in [-0.1, -0.05) is 0 Å². The molecule has 0 aliphatic rings. The van der Waals surface area contributed by atoms with Gasteiger partial charge in [0.2, 0.25) is 17.7 Å². The standard InChI is InChI=1S/C11H21N5O5/c1-11(9(20)15-12,10(21)16-13)5-2-3-7(17)14-6-4-8(18)19/h2-6,12-13H2,1H3,(H,14,17)(H,15,20)(H,16,21)(H,18,19). The van der Waals surface area contributed by atoms with Crippen molar-refractivity contribution in [3.05, 3.63) is 0 Å². The molecule has 0 bridgehead atoms. The van der Waals surface area contributed by atoms with Crippen molar-refractivity contribution >= 4 is 23.7 Å². The van der Waals surface area contributed by atoms with Gasteiger partial charge in [0, 0.05) is 13.0 Å². The van der Waals surface area contributed by atoms with Gasteiger partial charge in [-0.05, 0) is 19.8 Å². The van der Waals surface area contributed by atoms with Gasteiger partial charge in [-0.3, -0.25) is 30.0 Å². The molecule has 0 saturated carbocycles. The van der Waals surface area contributed by atoms with Crippen molar-refractivity contribution in [3.8, 4) is 0 Å². The van der Waals surface area contributed by atoms with E-state index >= 15 is 0 Å². The summed E-state index contributed by atoms with van der Waals surface area (Å²) >= 11 is 0. The molecule has 3 amide bonds. The van der Waals surface area contributed by atoms with Crippen LogP contribution in [0.5, 0.6) is 0 Å². The minimum absolute atomic E-state index is 0.0258. The summed E-state index contributed by atoms with van der Waals surface area (Å²) in [5.41, 5.74) is 2.29. The van der Waals surface area contributed by atoms with Crippen LogP contribution >= 0.6 is 0 Å². The number of nitrogens with one attached hydrogen (secondary N) is 3. The second-order valence-corrected chi connectivity index (χ2v) is 4.63. The van der Waals surface area contributed by atoms with E-state index in [9.17, 15) is 19.2 Å². The Morgan fingerprint density at radius 1 is 1.05 bits per heavy atom. The fraction of sp³-hybridized carbons (Fsp3) is 0.636. The topological polar surface area (TPSA) is 177 Å². The second-order valence-electron chi connectivity index (χ2n) is 4.63. The Kier molecular flexibility index (Phi) is 7.94. The summed E-state index contributed by atoms with van der Waals surface area (Å²) in [6, 6.07) is 0. The molecule has 0 fully saturated rings. The van der Waals surface area contributed by atoms with E-state index in [1.54, 1.807) is 0 Å². The molecule has 0 aliphatic heterocycles. The van der Waals surface area contributed by atoms with Crippen LogP contribution in [0.3, 0.4) is 0 Å². The first kappa shape index (κ1) is 18.8. The van der Waals surface area contributed by atoms with Gasteiger partial charge in [0.1, 0.15) is 5.41 Å². The zero-order valence-electron chi connectivity index (χ0n) is 11.8. The highest BCUT2D eigenvalue weighted by Gasteiger charge is 2.40. The molecular weight excluding hydrogens is 282 g/mol. The maximum atomic E-state index is 11.6. The van der Waals surface area contributed by atoms with Crippen molar-refractivity contribution < 1.29 is 24.3 Å². The van der Waals surface area contributed by atoms with Crippen LogP contribution in [-0.4, -0.2) is 35.3 Å². The molecule has 21 heavy (non-hydrogen) atoms. The van der Waals surface area contributed by atoms with Crippen molar-refractivity contribution in [3.63, 3.8) is 0 Å². The first-order chi connectivity index (χ1) is 9.77. The summed E-state index contributed by atoms with van der Waals surface area (Å²) in [6.45, 7) is 1.39. The summed E-state index contributed by atoms with van der Waals surface area (Å²) in [7, 11) is 0. The molecule has 0 unspecified atom stereocenters. The molecule has 0 heterocycles. The fourth-order valence-corrected chi connectivity index (χ4v) is 1.65. The predicted molar refractivity (Wildman–Crippen MR) is 71.9 cm³/mol. The third-order valence-electron chi connectivity index (χ3n) is 3.01. The summed E-state index contributed by atoms with van der Waals surface area (Å²) in [6.07, 6.45) is 0.168. The number of aliphatic carboxylic acids is 1. The van der Waals surface area contributed by atoms with E-state index in [0.717, 1.165) is 0 Å². The Balaban J connectivity index is 4.32. The van der Waals surface area contributed by atoms with Crippen LogP contribution in [-0.2, 0) is 19.2 Å². The van der Waals surface area contributed by atoms with E-state index in [1.165, 1.54) is 6.92 Å². The highest BCUT2D eigenvalue weighted by molar-refractivity contribution is 6.04. The van der Waals surface area contributed by atoms with Gasteiger partial charge in [-0.2, -0.15) is 0 Å². The number of carbonyl (C=O) groups excluding carboxylic acids is 3. The number of carboxylic acids is 1. The average molecular weight is 303 g/mol. The number of nitrogens with two attached hydrogens (primary N) is 2. The van der Waals surface area contributed by atoms with Gasteiger partial charge >= 0.3 is 5.97 Å². The molecule has 0 rings (SSSR count). The smallest absolute Gasteiger partial charge is 0.305 e. The largest absolute Gasteiger partial charge is 0.481 e. The van der Waals surface area contributed by atoms with Crippen LogP contribution in [0, 0.1) is 5.41 Å². The molecule has 10 nitrogen and oxygen atoms in total. The normalized spacial score (nSPS) is 10.6. The highest BCUT2D eigenvalue weighted by atomic mass is 16.4. The summed E-state index contributed by atoms with van der Waals surface area (Å²) in [5, 5.41) is 10.8. The van der Waals surface area contributed by atoms with E-state index in [2.05, 4.69) is 5.32 Å². The Bertz CT molecular complexity index is 396. The Morgan fingerprint density at radius 2 is 1.57 bits per heavy atom. The molecule has 0 spiro atoms. The molecule has 10 heteroatoms. The van der Waals surface area contributed by atoms with Crippen LogP contribution in [0.1, 0.15) is 32.6 Å². The number of rotatable bonds is 9. The lowest BCUT2D eigenvalue weighted by Gasteiger charge is -2.25. The summed E-state index contributed by atoms with van der Waals surface area (Å²) < 4.78 is 0. The van der Waals surface area contributed by atoms with Crippen LogP contribution in [0.25, 0.3) is 0 Å². The lowest BCUT2D eigenvalue weighted by Crippen LogP contribution is -2.53. The van der Waals surface area contributed by atoms with Gasteiger partial charge in [-0.25, -0.2) is 11.7 Å². The zero-order chi connectivity index (χ0) is 16.5. The Hall–Kier alpha value is -2.20. The first-order valence-electron chi connectivity index (χ1n) is 6.28. The van der Waals surface area contributed by atoms with E-state index < -0.39 is 23.2 Å². The molecule has 0 aliphatic carbocycles. The molecule has 0 radical (unpaired) electrons. The van der Waals surface area contributed by atoms with Gasteiger partial charge < -0.3 is 10.4 Å². The third-order valence-corrected chi connectivity index (χ3v) is 3.01. The SMILES string of the molecule is CC(CCCC(=O)NCCC(=O)O)(C(=O)NN)C(=O)NN. The van der Waals surface area contributed by atoms with E-state index in [4.69, 9.17) is 16.8 Å². The first-order valence-corrected chi connectivity index (χ1v) is 6.28. The lowest BCUT2D eigenvalue weighted by molar-refractivity contribution is -0.143. The molecule has 8 N–H and O–H groups in total. The van der Waals surface area contributed by atoms with E-state index in [1.807, 2.05) is 10.9 Å². The minimum atomic E-state index is -1.48. The number of carbonyl (C=O) groups is 4. The van der Waals surface area contributed by atoms with Crippen molar-refractivity contribution in [2.24, 2.45) is 17.1 Å². The van der Waals surface area contributed by atoms with Crippen molar-refractivity contribution in [1.82, 2.24) is 16.2 Å². The Labute approximate surface area is 121 Å². The summed E-state index contributed by atoms with van der Waals surface area (Å²) in [5.74, 6) is 7.25. The van der Waals surface area contributed by atoms with Gasteiger partial charge in [0.05, 0.1) is 6.42 Å². The van der Waals surface area contributed by atoms with Crippen molar-refractivity contribution in [2.45, 2.75) is 32.6 Å². The maximum Gasteiger partial charge on any atom is 0.305 e. The van der Waals surface area contributed by atoms with Gasteiger partial charge in [-0.15, -0.1) is 0 Å². The van der Waals surface area contributed by atoms with Crippen LogP contribution in [0.15, 0.2) is 0 Å². The van der Waals surface area contributed by atoms with Gasteiger partial charge in [0.25, 0.3) is 0 Å². The monoisotopic (exact) mass is 303 g/mol. The second kappa shape index (κ2) is 8.87. The molecule has 0 atom stereocenters. The lowest BCUT2D eigenvalue weighted by atomic mass is 9.83. The molecule has 0 aromatic carbocycles. The molecule has 120 valence electrons. The number of hydrogen-bond donors (Lipinski definition) is 6. The van der Waals surface area contributed by atoms with Crippen LogP contribution in [0.4, 0.5) is 0 Å². The number of hydrogen-bond acceptors (Lipinski definition) is 6. The minimum Gasteiger partial charge on any atom is -0.481 e. The number of hydrazine groups is 2. The third kappa shape index (κ3) is 6.19. The predicted octanol–water partition coefficient (Wildman–Crippen LogP) is -2.27. The molecular formula is C11H21N5O5. The Morgan fingerprint density at radius 3 is 2.00 bits per heavy atom. The van der Waals surface area contributed by atoms with E-state index in [0.29, 0.717) is 0 Å². The van der Waals surface area contributed by atoms with Crippen molar-refractivity contribution in [1.29, 1.82) is 0 Å². The highest BCUT2D eigenvalue weighted by Crippen LogP contribution is 2.24. The van der Waals surface area contributed by atoms with Gasteiger partial charge in [0.15, 0.2) is 0 Å². The molecule has 0 aromatic rings. The number of carboxylic acid groups (broad SMARTS) is 1. The van der Waals surface area contributed by atoms with E-state index in [-0.39, 0.29) is 38.1 Å². The van der Waals surface area contributed by atoms with Crippen molar-refractivity contribution in [2.75, 3.05) is 6.54 Å². The quantitative estimate of drug-likeness (QED) is 0.120.